The van der Waals surface area contributed by atoms with Crippen molar-refractivity contribution in [2.24, 2.45) is 5.92 Å². The Morgan fingerprint density at radius 2 is 2.12 bits per heavy atom. The first-order valence-corrected chi connectivity index (χ1v) is 11.6. The minimum atomic E-state index is -0.0565. The molecule has 0 radical (unpaired) electrons. The van der Waals surface area contributed by atoms with Gasteiger partial charge in [-0.05, 0) is 43.3 Å². The largest absolute Gasteiger partial charge is 0.369 e. The highest BCUT2D eigenvalue weighted by Gasteiger charge is 2.33. The van der Waals surface area contributed by atoms with Gasteiger partial charge in [0.15, 0.2) is 5.16 Å². The monoisotopic (exact) mass is 382 g/mol. The van der Waals surface area contributed by atoms with Crippen LogP contribution in [0.4, 0.5) is 0 Å². The van der Waals surface area contributed by atoms with E-state index in [4.69, 9.17) is 14.7 Å². The summed E-state index contributed by atoms with van der Waals surface area (Å²) in [5.41, 5.74) is 1.38. The number of rotatable bonds is 6. The minimum absolute atomic E-state index is 0.0565. The molecule has 3 heterocycles. The summed E-state index contributed by atoms with van der Waals surface area (Å²) >= 11 is 5.31. The molecule has 2 aromatic heterocycles. The number of hydrogen-bond acceptors (Lipinski definition) is 6. The van der Waals surface area contributed by atoms with Crippen molar-refractivity contribution in [3.8, 4) is 0 Å². The summed E-state index contributed by atoms with van der Waals surface area (Å²) in [6, 6.07) is 0. The molecule has 0 saturated heterocycles. The second-order valence-corrected chi connectivity index (χ2v) is 9.94. The average molecular weight is 383 g/mol. The Labute approximate surface area is 157 Å². The second-order valence-electron chi connectivity index (χ2n) is 7.00. The molecular formula is C18H26N2OS3. The topological polar surface area (TPSA) is 35.0 Å². The third kappa shape index (κ3) is 3.76. The summed E-state index contributed by atoms with van der Waals surface area (Å²) in [4.78, 5) is 12.1. The molecule has 0 aromatic carbocycles. The van der Waals surface area contributed by atoms with Crippen LogP contribution in [0, 0.1) is 5.92 Å². The van der Waals surface area contributed by atoms with E-state index in [-0.39, 0.29) is 5.60 Å². The molecule has 1 aliphatic heterocycles. The number of fused-ring (bicyclic) bond motifs is 3. The quantitative estimate of drug-likeness (QED) is 0.359. The lowest BCUT2D eigenvalue weighted by molar-refractivity contribution is -0.0543. The Morgan fingerprint density at radius 3 is 2.79 bits per heavy atom. The molecule has 1 atom stereocenters. The summed E-state index contributed by atoms with van der Waals surface area (Å²) in [7, 11) is 0. The van der Waals surface area contributed by atoms with Crippen LogP contribution in [0.2, 0.25) is 0 Å². The van der Waals surface area contributed by atoms with Crippen LogP contribution < -0.4 is 0 Å². The van der Waals surface area contributed by atoms with Crippen molar-refractivity contribution >= 4 is 45.1 Å². The summed E-state index contributed by atoms with van der Waals surface area (Å²) in [5.74, 6) is 1.84. The van der Waals surface area contributed by atoms with Gasteiger partial charge in [0, 0.05) is 16.7 Å². The lowest BCUT2D eigenvalue weighted by Gasteiger charge is -2.33. The third-order valence-electron chi connectivity index (χ3n) is 4.65. The molecular weight excluding hydrogens is 356 g/mol. The Hall–Kier alpha value is -0.300. The molecule has 1 unspecified atom stereocenters. The summed E-state index contributed by atoms with van der Waals surface area (Å²) < 4.78 is 6.13. The highest BCUT2D eigenvalue weighted by molar-refractivity contribution is 7.99. The SMILES string of the molecule is CCC1(C)Cc2c(sc3nc(SC)nc(SCCC(C)C)c23)CO1. The summed E-state index contributed by atoms with van der Waals surface area (Å²) in [5, 5.41) is 3.35. The molecule has 0 spiro atoms. The van der Waals surface area contributed by atoms with Gasteiger partial charge in [0.1, 0.15) is 9.86 Å². The molecule has 0 amide bonds. The first-order valence-electron chi connectivity index (χ1n) is 8.58. The maximum absolute atomic E-state index is 6.13. The number of hydrogen-bond donors (Lipinski definition) is 0. The Kier molecular flexibility index (Phi) is 5.79. The normalized spacial score (nSPS) is 20.8. The maximum Gasteiger partial charge on any atom is 0.189 e. The molecule has 0 aliphatic carbocycles. The zero-order chi connectivity index (χ0) is 17.3. The fraction of sp³-hybridized carbons (Fsp3) is 0.667. The zero-order valence-corrected chi connectivity index (χ0v) is 17.6. The van der Waals surface area contributed by atoms with Crippen molar-refractivity contribution in [2.45, 2.75) is 69.3 Å². The van der Waals surface area contributed by atoms with E-state index in [1.54, 1.807) is 23.1 Å². The number of ether oxygens (including phenoxy) is 1. The van der Waals surface area contributed by atoms with Gasteiger partial charge < -0.3 is 4.74 Å². The fourth-order valence-corrected chi connectivity index (χ4v) is 5.78. The molecule has 6 heteroatoms. The molecule has 2 aromatic rings. The molecule has 1 aliphatic rings. The van der Waals surface area contributed by atoms with Crippen LogP contribution >= 0.6 is 34.9 Å². The van der Waals surface area contributed by atoms with Crippen LogP contribution in [0.1, 0.15) is 51.0 Å². The van der Waals surface area contributed by atoms with Crippen LogP contribution in [0.15, 0.2) is 10.2 Å². The van der Waals surface area contributed by atoms with Crippen molar-refractivity contribution in [3.63, 3.8) is 0 Å². The van der Waals surface area contributed by atoms with Gasteiger partial charge in [-0.15, -0.1) is 23.1 Å². The molecule has 0 bridgehead atoms. The van der Waals surface area contributed by atoms with Crippen LogP contribution in [0.5, 0.6) is 0 Å². The Balaban J connectivity index is 2.03. The molecule has 0 saturated carbocycles. The second kappa shape index (κ2) is 7.52. The maximum atomic E-state index is 6.13. The first-order chi connectivity index (χ1) is 11.5. The van der Waals surface area contributed by atoms with Crippen LogP contribution in [0.25, 0.3) is 10.2 Å². The molecule has 24 heavy (non-hydrogen) atoms. The zero-order valence-electron chi connectivity index (χ0n) is 15.1. The van der Waals surface area contributed by atoms with E-state index in [2.05, 4.69) is 34.0 Å². The van der Waals surface area contributed by atoms with Gasteiger partial charge in [0.05, 0.1) is 12.2 Å². The number of aromatic nitrogens is 2. The van der Waals surface area contributed by atoms with Crippen LogP contribution in [0.3, 0.4) is 0 Å². The average Bonchev–Trinajstić information content (AvgIpc) is 2.91. The number of thiophene rings is 1. The van der Waals surface area contributed by atoms with Crippen LogP contribution in [-0.2, 0) is 17.8 Å². The van der Waals surface area contributed by atoms with Crippen LogP contribution in [-0.4, -0.2) is 27.6 Å². The van der Waals surface area contributed by atoms with E-state index in [1.807, 2.05) is 11.8 Å². The van der Waals surface area contributed by atoms with Gasteiger partial charge in [-0.1, -0.05) is 32.5 Å². The highest BCUT2D eigenvalue weighted by Crippen LogP contribution is 2.43. The van der Waals surface area contributed by atoms with E-state index < -0.39 is 0 Å². The standard InChI is InChI=1S/C18H26N2OS3/c1-6-18(4)9-12-13(10-21-18)24-16-14(12)15(19-17(20-16)22-5)23-8-7-11(2)3/h11H,6-10H2,1-5H3. The van der Waals surface area contributed by atoms with E-state index in [0.717, 1.165) is 34.5 Å². The number of thioether (sulfide) groups is 2. The molecule has 132 valence electrons. The summed E-state index contributed by atoms with van der Waals surface area (Å²) in [6.07, 6.45) is 5.27. The van der Waals surface area contributed by atoms with E-state index in [1.165, 1.54) is 27.3 Å². The molecule has 3 nitrogen and oxygen atoms in total. The van der Waals surface area contributed by atoms with Gasteiger partial charge in [-0.2, -0.15) is 0 Å². The molecule has 0 fully saturated rings. The minimum Gasteiger partial charge on any atom is -0.369 e. The van der Waals surface area contributed by atoms with Crippen molar-refractivity contribution in [3.05, 3.63) is 10.4 Å². The summed E-state index contributed by atoms with van der Waals surface area (Å²) in [6.45, 7) is 9.70. The predicted octanol–water partition coefficient (Wildman–Crippen LogP) is 5.79. The van der Waals surface area contributed by atoms with Crippen molar-refractivity contribution < 1.29 is 4.74 Å². The first kappa shape index (κ1) is 18.5. The van der Waals surface area contributed by atoms with Gasteiger partial charge in [-0.25, -0.2) is 9.97 Å². The Morgan fingerprint density at radius 1 is 1.33 bits per heavy atom. The van der Waals surface area contributed by atoms with Gasteiger partial charge in [-0.3, -0.25) is 0 Å². The lowest BCUT2D eigenvalue weighted by atomic mass is 9.90. The third-order valence-corrected chi connectivity index (χ3v) is 7.30. The van der Waals surface area contributed by atoms with Gasteiger partial charge in [0.2, 0.25) is 0 Å². The lowest BCUT2D eigenvalue weighted by Crippen LogP contribution is -2.33. The number of nitrogens with zero attached hydrogens (tertiary/aromatic N) is 2. The molecule has 0 N–H and O–H groups in total. The van der Waals surface area contributed by atoms with E-state index >= 15 is 0 Å². The highest BCUT2D eigenvalue weighted by atomic mass is 32.2. The van der Waals surface area contributed by atoms with E-state index in [0.29, 0.717) is 6.61 Å². The van der Waals surface area contributed by atoms with Crippen molar-refractivity contribution in [1.82, 2.24) is 9.97 Å². The fourth-order valence-electron chi connectivity index (χ4n) is 2.83. The Bertz CT molecular complexity index is 729. The van der Waals surface area contributed by atoms with Gasteiger partial charge >= 0.3 is 0 Å². The van der Waals surface area contributed by atoms with Crippen molar-refractivity contribution in [2.75, 3.05) is 12.0 Å². The van der Waals surface area contributed by atoms with E-state index in [9.17, 15) is 0 Å². The predicted molar refractivity (Wildman–Crippen MR) is 107 cm³/mol. The van der Waals surface area contributed by atoms with Crippen molar-refractivity contribution in [1.29, 1.82) is 0 Å². The smallest absolute Gasteiger partial charge is 0.189 e. The molecule has 3 rings (SSSR count). The van der Waals surface area contributed by atoms with Gasteiger partial charge in [0.25, 0.3) is 0 Å².